The standard InChI is InChI=1S/C15H12N4S3.C3H8O/c1-8-12(21-13(18-8)9-3-2-5-17-7-9)14-19-11-10(16)4-6-20-15(11)22-14;1-3(2)4/h2-3,5,7,16H,4,6H2,1H3;3-4H,1-2H3. The number of thiazole rings is 2. The minimum atomic E-state index is -0.167. The lowest BCUT2D eigenvalue weighted by Gasteiger charge is -2.08. The molecule has 26 heavy (non-hydrogen) atoms. The third-order valence-electron chi connectivity index (χ3n) is 3.37. The molecule has 0 spiro atoms. The van der Waals surface area contributed by atoms with Gasteiger partial charge in [-0.05, 0) is 32.9 Å². The maximum absolute atomic E-state index is 8.06. The van der Waals surface area contributed by atoms with Crippen molar-refractivity contribution in [1.82, 2.24) is 15.0 Å². The topological polar surface area (TPSA) is 82.8 Å². The van der Waals surface area contributed by atoms with E-state index in [-0.39, 0.29) is 6.10 Å². The van der Waals surface area contributed by atoms with Crippen molar-refractivity contribution in [3.63, 3.8) is 0 Å². The molecule has 0 bridgehead atoms. The van der Waals surface area contributed by atoms with Gasteiger partial charge in [-0.3, -0.25) is 4.98 Å². The number of fused-ring (bicyclic) bond motifs is 1. The van der Waals surface area contributed by atoms with Gasteiger partial charge in [0.25, 0.3) is 0 Å². The average molecular weight is 405 g/mol. The summed E-state index contributed by atoms with van der Waals surface area (Å²) in [6.45, 7) is 5.46. The van der Waals surface area contributed by atoms with Crippen molar-refractivity contribution in [2.45, 2.75) is 37.5 Å². The number of pyridine rings is 1. The summed E-state index contributed by atoms with van der Waals surface area (Å²) in [5.41, 5.74) is 3.55. The summed E-state index contributed by atoms with van der Waals surface area (Å²) in [5.74, 6) is 0.982. The van der Waals surface area contributed by atoms with Gasteiger partial charge in [0.1, 0.15) is 15.7 Å². The first-order chi connectivity index (χ1) is 12.5. The van der Waals surface area contributed by atoms with Crippen molar-refractivity contribution < 1.29 is 5.11 Å². The van der Waals surface area contributed by atoms with Crippen LogP contribution in [-0.2, 0) is 0 Å². The Hall–Kier alpha value is -1.61. The van der Waals surface area contributed by atoms with Gasteiger partial charge in [-0.2, -0.15) is 0 Å². The fraction of sp³-hybridized carbons (Fsp3) is 0.333. The zero-order valence-electron chi connectivity index (χ0n) is 14.8. The van der Waals surface area contributed by atoms with Gasteiger partial charge >= 0.3 is 0 Å². The lowest BCUT2D eigenvalue weighted by atomic mass is 10.2. The van der Waals surface area contributed by atoms with Crippen LogP contribution in [0.15, 0.2) is 28.7 Å². The third-order valence-corrected chi connectivity index (χ3v) is 7.04. The Morgan fingerprint density at radius 2 is 1.96 bits per heavy atom. The number of aliphatic hydroxyl groups excluding tert-OH is 1. The van der Waals surface area contributed by atoms with Crippen LogP contribution < -0.4 is 0 Å². The first-order valence-electron chi connectivity index (χ1n) is 8.23. The van der Waals surface area contributed by atoms with Gasteiger partial charge < -0.3 is 10.5 Å². The van der Waals surface area contributed by atoms with Gasteiger partial charge in [-0.15, -0.1) is 34.4 Å². The number of aliphatic hydroxyl groups is 1. The van der Waals surface area contributed by atoms with Crippen molar-refractivity contribution >= 4 is 40.1 Å². The lowest BCUT2D eigenvalue weighted by Crippen LogP contribution is -2.06. The van der Waals surface area contributed by atoms with E-state index in [1.807, 2.05) is 25.3 Å². The van der Waals surface area contributed by atoms with Crippen molar-refractivity contribution in [1.29, 1.82) is 5.41 Å². The van der Waals surface area contributed by atoms with Crippen LogP contribution in [0.1, 0.15) is 31.7 Å². The Kier molecular flexibility index (Phi) is 6.18. The smallest absolute Gasteiger partial charge is 0.137 e. The minimum Gasteiger partial charge on any atom is -0.394 e. The van der Waals surface area contributed by atoms with Crippen LogP contribution in [-0.4, -0.2) is 37.6 Å². The fourth-order valence-corrected chi connectivity index (χ4v) is 5.79. The minimum absolute atomic E-state index is 0.167. The SMILES string of the molecule is CC(C)O.Cc1nc(-c2cccnc2)sc1-c1nc2c(s1)SCCC2=N. The molecule has 8 heteroatoms. The number of nitrogens with one attached hydrogen (secondary N) is 1. The van der Waals surface area contributed by atoms with Crippen LogP contribution in [0, 0.1) is 12.3 Å². The first-order valence-corrected chi connectivity index (χ1v) is 10.8. The van der Waals surface area contributed by atoms with Crippen LogP contribution in [0.4, 0.5) is 0 Å². The van der Waals surface area contributed by atoms with E-state index in [1.165, 1.54) is 4.21 Å². The Morgan fingerprint density at radius 1 is 1.19 bits per heavy atom. The van der Waals surface area contributed by atoms with E-state index < -0.39 is 0 Å². The quantitative estimate of drug-likeness (QED) is 0.635. The van der Waals surface area contributed by atoms with Crippen LogP contribution in [0.2, 0.25) is 0 Å². The molecule has 4 rings (SSSR count). The van der Waals surface area contributed by atoms with Gasteiger partial charge in [0, 0.05) is 36.2 Å². The summed E-state index contributed by atoms with van der Waals surface area (Å²) in [6.07, 6.45) is 4.24. The number of hydrogen-bond acceptors (Lipinski definition) is 8. The van der Waals surface area contributed by atoms with Crippen molar-refractivity contribution in [2.24, 2.45) is 0 Å². The molecule has 0 saturated heterocycles. The normalized spacial score (nSPS) is 13.3. The summed E-state index contributed by atoms with van der Waals surface area (Å²) in [6, 6.07) is 3.94. The molecule has 1 aliphatic heterocycles. The molecular weight excluding hydrogens is 384 g/mol. The zero-order chi connectivity index (χ0) is 18.7. The molecule has 5 nitrogen and oxygen atoms in total. The van der Waals surface area contributed by atoms with Gasteiger partial charge in [0.05, 0.1) is 20.5 Å². The average Bonchev–Trinajstić information content (AvgIpc) is 3.19. The van der Waals surface area contributed by atoms with Crippen LogP contribution in [0.25, 0.3) is 20.5 Å². The van der Waals surface area contributed by atoms with E-state index in [9.17, 15) is 0 Å². The molecule has 2 N–H and O–H groups in total. The molecule has 0 amide bonds. The molecular formula is C18H20N4OS3. The predicted octanol–water partition coefficient (Wildman–Crippen LogP) is 4.89. The molecule has 3 aromatic heterocycles. The van der Waals surface area contributed by atoms with Gasteiger partial charge in [-0.25, -0.2) is 9.97 Å². The van der Waals surface area contributed by atoms with Gasteiger partial charge in [-0.1, -0.05) is 0 Å². The molecule has 0 fully saturated rings. The monoisotopic (exact) mass is 404 g/mol. The van der Waals surface area contributed by atoms with Crippen LogP contribution in [0.5, 0.6) is 0 Å². The van der Waals surface area contributed by atoms with E-state index in [4.69, 9.17) is 15.5 Å². The number of thioether (sulfide) groups is 1. The Bertz CT molecular complexity index is 900. The molecule has 0 unspecified atom stereocenters. The van der Waals surface area contributed by atoms with Crippen molar-refractivity contribution in [3.05, 3.63) is 35.9 Å². The number of aryl methyl sites for hydroxylation is 1. The lowest BCUT2D eigenvalue weighted by molar-refractivity contribution is 0.216. The van der Waals surface area contributed by atoms with Crippen LogP contribution in [0.3, 0.4) is 0 Å². The highest BCUT2D eigenvalue weighted by Crippen LogP contribution is 2.42. The van der Waals surface area contributed by atoms with Gasteiger partial charge in [0.2, 0.25) is 0 Å². The Labute approximate surface area is 165 Å². The van der Waals surface area contributed by atoms with E-state index in [1.54, 1.807) is 54.5 Å². The van der Waals surface area contributed by atoms with Crippen molar-refractivity contribution in [2.75, 3.05) is 5.75 Å². The fourth-order valence-electron chi connectivity index (χ4n) is 2.26. The molecule has 0 aromatic carbocycles. The summed E-state index contributed by atoms with van der Waals surface area (Å²) >= 11 is 5.13. The molecule has 1 aliphatic rings. The van der Waals surface area contributed by atoms with Crippen LogP contribution >= 0.6 is 34.4 Å². The molecule has 0 radical (unpaired) electrons. The van der Waals surface area contributed by atoms with Crippen molar-refractivity contribution in [3.8, 4) is 20.5 Å². The number of hydrogen-bond donors (Lipinski definition) is 2. The van der Waals surface area contributed by atoms with E-state index >= 15 is 0 Å². The number of nitrogens with zero attached hydrogens (tertiary/aromatic N) is 3. The zero-order valence-corrected chi connectivity index (χ0v) is 17.3. The van der Waals surface area contributed by atoms with E-state index in [0.717, 1.165) is 44.0 Å². The maximum Gasteiger partial charge on any atom is 0.137 e. The summed E-state index contributed by atoms with van der Waals surface area (Å²) in [7, 11) is 0. The van der Waals surface area contributed by atoms with Gasteiger partial charge in [0.15, 0.2) is 0 Å². The molecule has 0 atom stereocenters. The maximum atomic E-state index is 8.06. The summed E-state index contributed by atoms with van der Waals surface area (Å²) < 4.78 is 1.17. The van der Waals surface area contributed by atoms with E-state index in [0.29, 0.717) is 5.71 Å². The first kappa shape index (κ1) is 19.2. The Balaban J connectivity index is 0.000000447. The predicted molar refractivity (Wildman–Crippen MR) is 111 cm³/mol. The molecule has 3 aromatic rings. The third kappa shape index (κ3) is 4.37. The molecule has 0 saturated carbocycles. The second kappa shape index (κ2) is 8.39. The molecule has 136 valence electrons. The molecule has 4 heterocycles. The highest BCUT2D eigenvalue weighted by Gasteiger charge is 2.23. The molecule has 0 aliphatic carbocycles. The summed E-state index contributed by atoms with van der Waals surface area (Å²) in [4.78, 5) is 14.6. The summed E-state index contributed by atoms with van der Waals surface area (Å²) in [5, 5.41) is 18.1. The number of aromatic nitrogens is 3. The Morgan fingerprint density at radius 3 is 2.62 bits per heavy atom. The second-order valence-corrected chi connectivity index (χ2v) is 9.36. The highest BCUT2D eigenvalue weighted by molar-refractivity contribution is 8.01. The number of rotatable bonds is 2. The largest absolute Gasteiger partial charge is 0.394 e. The second-order valence-electron chi connectivity index (χ2n) is 6.00. The van der Waals surface area contributed by atoms with E-state index in [2.05, 4.69) is 9.97 Å². The highest BCUT2D eigenvalue weighted by atomic mass is 32.2.